The summed E-state index contributed by atoms with van der Waals surface area (Å²) in [4.78, 5) is 25.7. The molecule has 0 saturated heterocycles. The molecule has 1 N–H and O–H groups in total. The van der Waals surface area contributed by atoms with Crippen LogP contribution >= 0.6 is 23.2 Å². The van der Waals surface area contributed by atoms with Crippen molar-refractivity contribution in [1.82, 2.24) is 0 Å². The first-order valence-electron chi connectivity index (χ1n) is 9.84. The van der Waals surface area contributed by atoms with Gasteiger partial charge in [0.25, 0.3) is 5.91 Å². The highest BCUT2D eigenvalue weighted by Gasteiger charge is 2.19. The van der Waals surface area contributed by atoms with Crippen LogP contribution in [0.3, 0.4) is 0 Å². The van der Waals surface area contributed by atoms with Crippen LogP contribution in [0.1, 0.15) is 11.1 Å². The van der Waals surface area contributed by atoms with Gasteiger partial charge in [-0.1, -0.05) is 59.1 Å². The summed E-state index contributed by atoms with van der Waals surface area (Å²) in [5, 5.41) is 3.78. The van der Waals surface area contributed by atoms with Gasteiger partial charge in [-0.2, -0.15) is 0 Å². The SMILES string of the molecule is Cc1ccc(-c2oc3cc(C)ccc3c(=O)c2OCC(=O)Nc2cc(Cl)ccc2Cl)cc1. The van der Waals surface area contributed by atoms with Crippen LogP contribution in [0, 0.1) is 13.8 Å². The van der Waals surface area contributed by atoms with Crippen molar-refractivity contribution < 1.29 is 13.9 Å². The molecule has 0 spiro atoms. The Morgan fingerprint density at radius 2 is 1.69 bits per heavy atom. The lowest BCUT2D eigenvalue weighted by Crippen LogP contribution is -2.22. The molecule has 4 rings (SSSR count). The predicted octanol–water partition coefficient (Wildman–Crippen LogP) is 6.40. The molecule has 5 nitrogen and oxygen atoms in total. The topological polar surface area (TPSA) is 68.5 Å². The van der Waals surface area contributed by atoms with Crippen molar-refractivity contribution in [1.29, 1.82) is 0 Å². The lowest BCUT2D eigenvalue weighted by Gasteiger charge is -2.13. The zero-order chi connectivity index (χ0) is 22.8. The molecule has 0 radical (unpaired) electrons. The van der Waals surface area contributed by atoms with Crippen molar-refractivity contribution in [2.45, 2.75) is 13.8 Å². The van der Waals surface area contributed by atoms with Crippen molar-refractivity contribution in [3.63, 3.8) is 0 Å². The Morgan fingerprint density at radius 1 is 0.969 bits per heavy atom. The summed E-state index contributed by atoms with van der Waals surface area (Å²) in [5.41, 5.74) is 3.15. The van der Waals surface area contributed by atoms with Crippen molar-refractivity contribution in [3.05, 3.63) is 92.1 Å². The van der Waals surface area contributed by atoms with Crippen molar-refractivity contribution >= 4 is 45.8 Å². The molecule has 0 saturated carbocycles. The molecule has 0 atom stereocenters. The number of nitrogens with one attached hydrogen (secondary N) is 1. The molecular formula is C25H19Cl2NO4. The molecule has 3 aromatic carbocycles. The number of benzene rings is 3. The maximum atomic E-state index is 13.2. The molecule has 0 fully saturated rings. The Bertz CT molecular complexity index is 1380. The van der Waals surface area contributed by atoms with Gasteiger partial charge in [-0.25, -0.2) is 0 Å². The van der Waals surface area contributed by atoms with Crippen LogP contribution in [0.2, 0.25) is 10.0 Å². The lowest BCUT2D eigenvalue weighted by molar-refractivity contribution is -0.118. The number of carbonyl (C=O) groups is 1. The first kappa shape index (κ1) is 21.9. The number of anilines is 1. The smallest absolute Gasteiger partial charge is 0.262 e. The number of hydrogen-bond donors (Lipinski definition) is 1. The van der Waals surface area contributed by atoms with Gasteiger partial charge in [-0.3, -0.25) is 9.59 Å². The van der Waals surface area contributed by atoms with E-state index in [0.717, 1.165) is 11.1 Å². The number of hydrogen-bond acceptors (Lipinski definition) is 4. The van der Waals surface area contributed by atoms with E-state index in [9.17, 15) is 9.59 Å². The maximum absolute atomic E-state index is 13.2. The van der Waals surface area contributed by atoms with Gasteiger partial charge in [0.05, 0.1) is 16.1 Å². The van der Waals surface area contributed by atoms with Crippen LogP contribution in [-0.4, -0.2) is 12.5 Å². The molecule has 1 amide bonds. The van der Waals surface area contributed by atoms with Gasteiger partial charge in [-0.15, -0.1) is 0 Å². The highest BCUT2D eigenvalue weighted by atomic mass is 35.5. The molecule has 4 aromatic rings. The number of carbonyl (C=O) groups excluding carboxylic acids is 1. The van der Waals surface area contributed by atoms with E-state index in [1.807, 2.05) is 44.2 Å². The number of fused-ring (bicyclic) bond motifs is 1. The van der Waals surface area contributed by atoms with E-state index in [2.05, 4.69) is 5.32 Å². The lowest BCUT2D eigenvalue weighted by atomic mass is 10.1. The van der Waals surface area contributed by atoms with Gasteiger partial charge in [-0.05, 0) is 49.7 Å². The maximum Gasteiger partial charge on any atom is 0.262 e. The van der Waals surface area contributed by atoms with Crippen molar-refractivity contribution in [2.24, 2.45) is 0 Å². The fourth-order valence-corrected chi connectivity index (χ4v) is 3.56. The largest absolute Gasteiger partial charge is 0.476 e. The van der Waals surface area contributed by atoms with Crippen LogP contribution in [-0.2, 0) is 4.79 Å². The summed E-state index contributed by atoms with van der Waals surface area (Å²) in [6, 6.07) is 17.5. The van der Waals surface area contributed by atoms with E-state index in [1.54, 1.807) is 24.3 Å². The van der Waals surface area contributed by atoms with E-state index in [0.29, 0.717) is 32.3 Å². The number of aryl methyl sites for hydroxylation is 2. The van der Waals surface area contributed by atoms with Gasteiger partial charge in [0.15, 0.2) is 12.4 Å². The molecule has 0 aliphatic carbocycles. The fourth-order valence-electron chi connectivity index (χ4n) is 3.23. The van der Waals surface area contributed by atoms with Crippen LogP contribution < -0.4 is 15.5 Å². The number of rotatable bonds is 5. The monoisotopic (exact) mass is 467 g/mol. The quantitative estimate of drug-likeness (QED) is 0.368. The van der Waals surface area contributed by atoms with Crippen LogP contribution in [0.25, 0.3) is 22.3 Å². The van der Waals surface area contributed by atoms with Crippen molar-refractivity contribution in [2.75, 3.05) is 11.9 Å². The minimum Gasteiger partial charge on any atom is -0.476 e. The summed E-state index contributed by atoms with van der Waals surface area (Å²) in [6.07, 6.45) is 0. The molecule has 1 heterocycles. The third kappa shape index (κ3) is 4.64. The first-order chi connectivity index (χ1) is 15.3. The zero-order valence-corrected chi connectivity index (χ0v) is 18.9. The van der Waals surface area contributed by atoms with Gasteiger partial charge in [0, 0.05) is 10.6 Å². The molecule has 0 unspecified atom stereocenters. The average molecular weight is 468 g/mol. The van der Waals surface area contributed by atoms with Crippen LogP contribution in [0.15, 0.2) is 69.9 Å². The minimum absolute atomic E-state index is 0.0300. The number of ether oxygens (including phenoxy) is 1. The highest BCUT2D eigenvalue weighted by molar-refractivity contribution is 6.35. The van der Waals surface area contributed by atoms with Gasteiger partial charge >= 0.3 is 0 Å². The molecule has 1 aromatic heterocycles. The fraction of sp³-hybridized carbons (Fsp3) is 0.120. The predicted molar refractivity (Wildman–Crippen MR) is 128 cm³/mol. The molecule has 7 heteroatoms. The Labute approximate surface area is 194 Å². The summed E-state index contributed by atoms with van der Waals surface area (Å²) < 4.78 is 11.8. The van der Waals surface area contributed by atoms with Crippen LogP contribution in [0.5, 0.6) is 5.75 Å². The average Bonchev–Trinajstić information content (AvgIpc) is 2.76. The van der Waals surface area contributed by atoms with Gasteiger partial charge in [0.1, 0.15) is 5.58 Å². The summed E-state index contributed by atoms with van der Waals surface area (Å²) in [6.45, 7) is 3.47. The normalized spacial score (nSPS) is 10.9. The second-order valence-corrected chi connectivity index (χ2v) is 8.26. The van der Waals surface area contributed by atoms with Crippen LogP contribution in [0.4, 0.5) is 5.69 Å². The van der Waals surface area contributed by atoms with E-state index in [4.69, 9.17) is 32.4 Å². The third-order valence-electron chi connectivity index (χ3n) is 4.87. The Morgan fingerprint density at radius 3 is 2.44 bits per heavy atom. The number of amides is 1. The molecule has 32 heavy (non-hydrogen) atoms. The number of halogens is 2. The summed E-state index contributed by atoms with van der Waals surface area (Å²) in [5.74, 6) is -0.258. The van der Waals surface area contributed by atoms with Gasteiger partial charge in [0.2, 0.25) is 11.2 Å². The van der Waals surface area contributed by atoms with Gasteiger partial charge < -0.3 is 14.5 Å². The van der Waals surface area contributed by atoms with E-state index in [-0.39, 0.29) is 16.9 Å². The Hall–Kier alpha value is -3.28. The standard InChI is InChI=1S/C25H19Cl2NO4/c1-14-3-6-16(7-4-14)24-25(23(30)18-9-5-15(2)11-21(18)32-24)31-13-22(29)28-20-12-17(26)8-10-19(20)27/h3-12H,13H2,1-2H3,(H,28,29). The second-order valence-electron chi connectivity index (χ2n) is 7.42. The van der Waals surface area contributed by atoms with Crippen molar-refractivity contribution in [3.8, 4) is 17.1 Å². The Balaban J connectivity index is 1.69. The highest BCUT2D eigenvalue weighted by Crippen LogP contribution is 2.31. The first-order valence-corrected chi connectivity index (χ1v) is 10.6. The molecule has 0 aliphatic heterocycles. The molecule has 0 bridgehead atoms. The summed E-state index contributed by atoms with van der Waals surface area (Å²) in [7, 11) is 0. The van der Waals surface area contributed by atoms with E-state index in [1.165, 1.54) is 6.07 Å². The van der Waals surface area contributed by atoms with E-state index < -0.39 is 12.5 Å². The third-order valence-corrected chi connectivity index (χ3v) is 5.43. The molecular weight excluding hydrogens is 449 g/mol. The van der Waals surface area contributed by atoms with E-state index >= 15 is 0 Å². The summed E-state index contributed by atoms with van der Waals surface area (Å²) >= 11 is 12.1. The minimum atomic E-state index is -0.493. The second kappa shape index (κ2) is 9.07. The molecule has 0 aliphatic rings. The Kier molecular flexibility index (Phi) is 6.21. The zero-order valence-electron chi connectivity index (χ0n) is 17.4. The molecule has 162 valence electrons.